The third-order valence-corrected chi connectivity index (χ3v) is 4.23. The van der Waals surface area contributed by atoms with Gasteiger partial charge in [-0.05, 0) is 25.0 Å². The summed E-state index contributed by atoms with van der Waals surface area (Å²) in [5.41, 5.74) is 0.927. The summed E-state index contributed by atoms with van der Waals surface area (Å²) in [6.07, 6.45) is 2.86. The Morgan fingerprint density at radius 3 is 3.16 bits per heavy atom. The lowest BCUT2D eigenvalue weighted by Crippen LogP contribution is -2.24. The number of fused-ring (bicyclic) bond motifs is 1. The fourth-order valence-corrected chi connectivity index (χ4v) is 3.03. The summed E-state index contributed by atoms with van der Waals surface area (Å²) in [5, 5.41) is 3.73. The summed E-state index contributed by atoms with van der Waals surface area (Å²) >= 11 is 0. The maximum Gasteiger partial charge on any atom is 0.274 e. The van der Waals surface area contributed by atoms with Crippen molar-refractivity contribution in [2.24, 2.45) is 0 Å². The van der Waals surface area contributed by atoms with E-state index in [-0.39, 0.29) is 24.2 Å². The lowest BCUT2D eigenvalue weighted by Gasteiger charge is -2.07. The first kappa shape index (κ1) is 15.7. The average molecular weight is 342 g/mol. The maximum atomic E-state index is 12.4. The lowest BCUT2D eigenvalue weighted by atomic mass is 10.1. The van der Waals surface area contributed by atoms with Crippen LogP contribution in [0.2, 0.25) is 0 Å². The average Bonchev–Trinajstić information content (AvgIpc) is 3.38. The summed E-state index contributed by atoms with van der Waals surface area (Å²) in [5.74, 6) is 1.47. The largest absolute Gasteiger partial charge is 0.493 e. The Bertz CT molecular complexity index is 892. The van der Waals surface area contributed by atoms with E-state index in [0.29, 0.717) is 29.5 Å². The molecular weight excluding hydrogens is 324 g/mol. The highest BCUT2D eigenvalue weighted by molar-refractivity contribution is 5.93. The van der Waals surface area contributed by atoms with Crippen molar-refractivity contribution < 1.29 is 23.1 Å². The van der Waals surface area contributed by atoms with E-state index >= 15 is 0 Å². The summed E-state index contributed by atoms with van der Waals surface area (Å²) in [6.45, 7) is 0.918. The highest BCUT2D eigenvalue weighted by atomic mass is 16.5. The number of carbonyl (C=O) groups excluding carboxylic acids is 1. The lowest BCUT2D eigenvalue weighted by molar-refractivity contribution is 0.0859. The Kier molecular flexibility index (Phi) is 4.15. The monoisotopic (exact) mass is 342 g/mol. The van der Waals surface area contributed by atoms with Gasteiger partial charge in [-0.15, -0.1) is 0 Å². The molecule has 1 aromatic carbocycles. The number of rotatable bonds is 5. The van der Waals surface area contributed by atoms with Crippen molar-refractivity contribution in [1.29, 1.82) is 0 Å². The van der Waals surface area contributed by atoms with Crippen molar-refractivity contribution in [3.63, 3.8) is 0 Å². The zero-order valence-electron chi connectivity index (χ0n) is 13.8. The number of hydrogen-bond acceptors (Lipinski definition) is 6. The predicted octanol–water partition coefficient (Wildman–Crippen LogP) is 3.21. The number of amides is 1. The van der Waals surface area contributed by atoms with Gasteiger partial charge in [0.15, 0.2) is 29.2 Å². The van der Waals surface area contributed by atoms with Gasteiger partial charge in [-0.25, -0.2) is 4.98 Å². The molecule has 0 saturated carbocycles. The molecule has 1 unspecified atom stereocenters. The molecule has 1 N–H and O–H groups in total. The van der Waals surface area contributed by atoms with Gasteiger partial charge in [-0.1, -0.05) is 12.1 Å². The summed E-state index contributed by atoms with van der Waals surface area (Å²) < 4.78 is 22.0. The molecule has 7 heteroatoms. The minimum absolute atomic E-state index is 0.196. The van der Waals surface area contributed by atoms with Crippen molar-refractivity contribution in [3.05, 3.63) is 47.9 Å². The van der Waals surface area contributed by atoms with Crippen molar-refractivity contribution in [2.45, 2.75) is 25.5 Å². The van der Waals surface area contributed by atoms with Gasteiger partial charge in [0.2, 0.25) is 0 Å². The van der Waals surface area contributed by atoms with Crippen LogP contribution in [-0.4, -0.2) is 24.6 Å². The number of aromatic nitrogens is 1. The van der Waals surface area contributed by atoms with Crippen LogP contribution < -0.4 is 10.1 Å². The number of para-hydroxylation sites is 1. The fourth-order valence-electron chi connectivity index (χ4n) is 3.03. The second-order valence-corrected chi connectivity index (χ2v) is 5.84. The smallest absolute Gasteiger partial charge is 0.274 e. The van der Waals surface area contributed by atoms with Crippen molar-refractivity contribution >= 4 is 16.9 Å². The Morgan fingerprint density at radius 2 is 2.36 bits per heavy atom. The molecule has 1 saturated heterocycles. The van der Waals surface area contributed by atoms with E-state index in [2.05, 4.69) is 10.3 Å². The number of nitrogens with zero attached hydrogens (tertiary/aromatic N) is 1. The molecule has 0 radical (unpaired) electrons. The number of benzene rings is 1. The highest BCUT2D eigenvalue weighted by Crippen LogP contribution is 2.31. The summed E-state index contributed by atoms with van der Waals surface area (Å²) in [6, 6.07) is 7.53. The molecular formula is C18H18N2O5. The molecule has 7 nitrogen and oxygen atoms in total. The Balaban J connectivity index is 1.48. The van der Waals surface area contributed by atoms with Crippen molar-refractivity contribution in [1.82, 2.24) is 10.3 Å². The molecule has 0 aliphatic carbocycles. The molecule has 0 spiro atoms. The normalized spacial score (nSPS) is 17.1. The van der Waals surface area contributed by atoms with Gasteiger partial charge >= 0.3 is 0 Å². The third-order valence-electron chi connectivity index (χ3n) is 4.23. The quantitative estimate of drug-likeness (QED) is 0.766. The van der Waals surface area contributed by atoms with Gasteiger partial charge in [0.25, 0.3) is 5.91 Å². The van der Waals surface area contributed by atoms with E-state index in [0.717, 1.165) is 18.2 Å². The fraction of sp³-hybridized carbons (Fsp3) is 0.333. The Labute approximate surface area is 143 Å². The number of carbonyl (C=O) groups is 1. The Hall–Kier alpha value is -2.80. The van der Waals surface area contributed by atoms with Crippen LogP contribution in [-0.2, 0) is 11.3 Å². The van der Waals surface area contributed by atoms with Gasteiger partial charge in [-0.3, -0.25) is 4.79 Å². The van der Waals surface area contributed by atoms with Gasteiger partial charge in [-0.2, -0.15) is 0 Å². The standard InChI is InChI=1S/C18H18N2O5/c1-22-13-5-2-4-11-8-12(25-16(11)13)9-19-18(21)15-17(24-10-20-15)14-6-3-7-23-14/h2,4-5,8,10,14H,3,6-7,9H2,1H3,(H,19,21). The molecule has 1 aliphatic rings. The molecule has 1 fully saturated rings. The molecule has 25 heavy (non-hydrogen) atoms. The topological polar surface area (TPSA) is 86.7 Å². The highest BCUT2D eigenvalue weighted by Gasteiger charge is 2.28. The Morgan fingerprint density at radius 1 is 1.44 bits per heavy atom. The van der Waals surface area contributed by atoms with E-state index < -0.39 is 0 Å². The van der Waals surface area contributed by atoms with E-state index in [9.17, 15) is 4.79 Å². The maximum absolute atomic E-state index is 12.4. The molecule has 1 aliphatic heterocycles. The first-order chi connectivity index (χ1) is 12.3. The molecule has 3 heterocycles. The van der Waals surface area contributed by atoms with Gasteiger partial charge in [0.05, 0.1) is 13.7 Å². The number of hydrogen-bond donors (Lipinski definition) is 1. The molecule has 2 aromatic heterocycles. The second kappa shape index (κ2) is 6.60. The van der Waals surface area contributed by atoms with Crippen LogP contribution in [0, 0.1) is 0 Å². The predicted molar refractivity (Wildman–Crippen MR) is 88.4 cm³/mol. The molecule has 3 aromatic rings. The van der Waals surface area contributed by atoms with Gasteiger partial charge < -0.3 is 23.6 Å². The van der Waals surface area contributed by atoms with E-state index in [4.69, 9.17) is 18.3 Å². The van der Waals surface area contributed by atoms with Crippen molar-refractivity contribution in [2.75, 3.05) is 13.7 Å². The molecule has 1 amide bonds. The van der Waals surface area contributed by atoms with E-state index in [1.165, 1.54) is 6.39 Å². The molecule has 130 valence electrons. The molecule has 1 atom stereocenters. The summed E-state index contributed by atoms with van der Waals surface area (Å²) in [7, 11) is 1.59. The zero-order valence-corrected chi connectivity index (χ0v) is 13.8. The first-order valence-corrected chi connectivity index (χ1v) is 8.15. The zero-order chi connectivity index (χ0) is 17.2. The number of oxazole rings is 1. The first-order valence-electron chi connectivity index (χ1n) is 8.15. The van der Waals surface area contributed by atoms with E-state index in [1.807, 2.05) is 24.3 Å². The van der Waals surface area contributed by atoms with E-state index in [1.54, 1.807) is 7.11 Å². The number of furan rings is 1. The van der Waals surface area contributed by atoms with Crippen LogP contribution in [0.5, 0.6) is 5.75 Å². The van der Waals surface area contributed by atoms with Gasteiger partial charge in [0.1, 0.15) is 11.9 Å². The van der Waals surface area contributed by atoms with Crippen LogP contribution in [0.1, 0.15) is 41.0 Å². The minimum Gasteiger partial charge on any atom is -0.493 e. The second-order valence-electron chi connectivity index (χ2n) is 5.84. The van der Waals surface area contributed by atoms with Crippen LogP contribution in [0.4, 0.5) is 0 Å². The van der Waals surface area contributed by atoms with Crippen molar-refractivity contribution in [3.8, 4) is 5.75 Å². The van der Waals surface area contributed by atoms with Crippen LogP contribution >= 0.6 is 0 Å². The van der Waals surface area contributed by atoms with Crippen LogP contribution in [0.3, 0.4) is 0 Å². The van der Waals surface area contributed by atoms with Crippen LogP contribution in [0.25, 0.3) is 11.0 Å². The minimum atomic E-state index is -0.313. The molecule has 0 bridgehead atoms. The van der Waals surface area contributed by atoms with Gasteiger partial charge in [0, 0.05) is 12.0 Å². The number of nitrogens with one attached hydrogen (secondary N) is 1. The summed E-state index contributed by atoms with van der Waals surface area (Å²) in [4.78, 5) is 16.5. The SMILES string of the molecule is COc1cccc2cc(CNC(=O)c3ncoc3C3CCCO3)oc12. The number of methoxy groups -OCH3 is 1. The van der Waals surface area contributed by atoms with Crippen LogP contribution in [0.15, 0.2) is 39.5 Å². The molecule has 4 rings (SSSR count). The number of ether oxygens (including phenoxy) is 2. The third kappa shape index (κ3) is 2.98.